The Kier molecular flexibility index (Phi) is 6.70. The minimum absolute atomic E-state index is 0.144. The topological polar surface area (TPSA) is 65.7 Å². The van der Waals surface area contributed by atoms with Gasteiger partial charge in [0.1, 0.15) is 24.5 Å². The van der Waals surface area contributed by atoms with Crippen LogP contribution in [0.4, 0.5) is 0 Å². The number of benzene rings is 2. The fourth-order valence-corrected chi connectivity index (χ4v) is 3.11. The third-order valence-electron chi connectivity index (χ3n) is 4.67. The first-order chi connectivity index (χ1) is 13.9. The van der Waals surface area contributed by atoms with E-state index in [1.54, 1.807) is 18.2 Å². The molecule has 0 fully saturated rings. The fraction of sp³-hybridized carbons (Fsp3) is 0.333. The van der Waals surface area contributed by atoms with E-state index >= 15 is 0 Å². The smallest absolute Gasteiger partial charge is 0.336 e. The molecular formula is C24H26O5. The lowest BCUT2D eigenvalue weighted by atomic mass is 9.97. The molecule has 0 amide bonds. The van der Waals surface area contributed by atoms with E-state index in [1.807, 2.05) is 25.1 Å². The molecule has 0 saturated heterocycles. The molecule has 5 heteroatoms. The summed E-state index contributed by atoms with van der Waals surface area (Å²) in [5.41, 5.74) is 2.26. The normalized spacial score (nSPS) is 12.1. The first-order valence-electron chi connectivity index (χ1n) is 9.84. The number of esters is 1. The average molecular weight is 394 g/mol. The Hall–Kier alpha value is -3.08. The lowest BCUT2D eigenvalue weighted by Gasteiger charge is -2.13. The fourth-order valence-electron chi connectivity index (χ4n) is 3.11. The Morgan fingerprint density at radius 3 is 2.41 bits per heavy atom. The lowest BCUT2D eigenvalue weighted by molar-refractivity contribution is -0.145. The Bertz CT molecular complexity index is 1020. The minimum atomic E-state index is -0.408. The Morgan fingerprint density at radius 1 is 0.966 bits per heavy atom. The maximum Gasteiger partial charge on any atom is 0.336 e. The van der Waals surface area contributed by atoms with Crippen LogP contribution in [0.1, 0.15) is 37.8 Å². The van der Waals surface area contributed by atoms with Crippen molar-refractivity contribution in [3.05, 3.63) is 76.1 Å². The summed E-state index contributed by atoms with van der Waals surface area (Å²) < 4.78 is 16.1. The van der Waals surface area contributed by atoms with Crippen LogP contribution in [0.25, 0.3) is 11.0 Å². The van der Waals surface area contributed by atoms with Crippen LogP contribution in [0, 0.1) is 5.92 Å². The van der Waals surface area contributed by atoms with Gasteiger partial charge < -0.3 is 13.9 Å². The second-order valence-corrected chi connectivity index (χ2v) is 7.53. The van der Waals surface area contributed by atoms with Crippen LogP contribution in [0.5, 0.6) is 5.75 Å². The summed E-state index contributed by atoms with van der Waals surface area (Å²) in [6.45, 7) is 6.57. The number of hydrogen-bond acceptors (Lipinski definition) is 5. The summed E-state index contributed by atoms with van der Waals surface area (Å²) in [7, 11) is 0. The van der Waals surface area contributed by atoms with Gasteiger partial charge >= 0.3 is 11.6 Å². The summed E-state index contributed by atoms with van der Waals surface area (Å²) in [4.78, 5) is 23.6. The summed E-state index contributed by atoms with van der Waals surface area (Å²) in [6.07, 6.45) is 1.02. The minimum Gasteiger partial charge on any atom is -0.490 e. The van der Waals surface area contributed by atoms with E-state index in [1.165, 1.54) is 11.6 Å². The third-order valence-corrected chi connectivity index (χ3v) is 4.67. The van der Waals surface area contributed by atoms with Gasteiger partial charge in [-0.2, -0.15) is 0 Å². The molecule has 1 atom stereocenters. The monoisotopic (exact) mass is 394 g/mol. The van der Waals surface area contributed by atoms with Gasteiger partial charge in [-0.3, -0.25) is 4.79 Å². The zero-order valence-corrected chi connectivity index (χ0v) is 17.0. The molecule has 152 valence electrons. The average Bonchev–Trinajstić information content (AvgIpc) is 2.70. The second-order valence-electron chi connectivity index (χ2n) is 7.53. The van der Waals surface area contributed by atoms with E-state index in [0.29, 0.717) is 17.3 Å². The van der Waals surface area contributed by atoms with E-state index in [0.717, 1.165) is 17.4 Å². The molecule has 1 unspecified atom stereocenters. The van der Waals surface area contributed by atoms with Gasteiger partial charge in [0.25, 0.3) is 0 Å². The molecule has 5 nitrogen and oxygen atoms in total. The van der Waals surface area contributed by atoms with Gasteiger partial charge in [-0.05, 0) is 48.6 Å². The van der Waals surface area contributed by atoms with E-state index in [4.69, 9.17) is 13.9 Å². The molecule has 0 aliphatic carbocycles. The summed E-state index contributed by atoms with van der Waals surface area (Å²) in [5.74, 6) is 0.534. The lowest BCUT2D eigenvalue weighted by Crippen LogP contribution is -2.17. The maximum absolute atomic E-state index is 12.3. The summed E-state index contributed by atoms with van der Waals surface area (Å²) in [5, 5.41) is 0.816. The van der Waals surface area contributed by atoms with Crippen molar-refractivity contribution in [3.8, 4) is 5.75 Å². The molecule has 1 heterocycles. The predicted octanol–water partition coefficient (Wildman–Crippen LogP) is 4.72. The van der Waals surface area contributed by atoms with Gasteiger partial charge in [-0.15, -0.1) is 0 Å². The number of carbonyl (C=O) groups is 1. The van der Waals surface area contributed by atoms with Crippen molar-refractivity contribution in [3.63, 3.8) is 0 Å². The number of fused-ring (bicyclic) bond motifs is 1. The first-order valence-corrected chi connectivity index (χ1v) is 9.84. The molecule has 3 rings (SSSR count). The van der Waals surface area contributed by atoms with E-state index in [2.05, 4.69) is 26.0 Å². The Morgan fingerprint density at radius 2 is 1.69 bits per heavy atom. The first kappa shape index (κ1) is 20.6. The van der Waals surface area contributed by atoms with Gasteiger partial charge in [0.2, 0.25) is 0 Å². The van der Waals surface area contributed by atoms with Crippen molar-refractivity contribution < 1.29 is 18.7 Å². The van der Waals surface area contributed by atoms with Gasteiger partial charge in [0.15, 0.2) is 0 Å². The molecule has 0 spiro atoms. The number of ether oxygens (including phenoxy) is 2. The van der Waals surface area contributed by atoms with Crippen molar-refractivity contribution in [1.29, 1.82) is 0 Å². The third kappa shape index (κ3) is 5.70. The van der Waals surface area contributed by atoms with Crippen LogP contribution in [-0.4, -0.2) is 19.2 Å². The van der Waals surface area contributed by atoms with Crippen LogP contribution >= 0.6 is 0 Å². The summed E-state index contributed by atoms with van der Waals surface area (Å²) >= 11 is 0. The standard InChI is InChI=1S/C24H26O5/c1-16(2)14-18-4-6-19(7-5-18)17(3)24(26)28-13-12-27-21-10-8-20-9-11-23(25)29-22(20)15-21/h4-11,15-17H,12-14H2,1-3H3. The Labute approximate surface area is 170 Å². The SMILES string of the molecule is CC(C)Cc1ccc(C(C)C(=O)OCCOc2ccc3ccc(=O)oc3c2)cc1. The molecule has 0 N–H and O–H groups in total. The summed E-state index contributed by atoms with van der Waals surface area (Å²) in [6, 6.07) is 16.4. The molecule has 2 aromatic carbocycles. The molecule has 0 bridgehead atoms. The van der Waals surface area contributed by atoms with E-state index in [9.17, 15) is 9.59 Å². The molecule has 0 aliphatic rings. The van der Waals surface area contributed by atoms with Crippen molar-refractivity contribution >= 4 is 16.9 Å². The van der Waals surface area contributed by atoms with Gasteiger partial charge in [0.05, 0.1) is 5.92 Å². The van der Waals surface area contributed by atoms with E-state index < -0.39 is 5.63 Å². The van der Waals surface area contributed by atoms with Gasteiger partial charge in [0, 0.05) is 17.5 Å². The molecule has 0 aliphatic heterocycles. The highest BCUT2D eigenvalue weighted by atomic mass is 16.6. The van der Waals surface area contributed by atoms with Gasteiger partial charge in [-0.25, -0.2) is 4.79 Å². The van der Waals surface area contributed by atoms with Crippen LogP contribution in [0.3, 0.4) is 0 Å². The van der Waals surface area contributed by atoms with Gasteiger partial charge in [-0.1, -0.05) is 38.1 Å². The highest BCUT2D eigenvalue weighted by molar-refractivity contribution is 5.78. The van der Waals surface area contributed by atoms with Crippen LogP contribution in [-0.2, 0) is 16.0 Å². The maximum atomic E-state index is 12.3. The van der Waals surface area contributed by atoms with Crippen LogP contribution in [0.2, 0.25) is 0 Å². The molecule has 1 aromatic heterocycles. The second kappa shape index (κ2) is 9.41. The van der Waals surface area contributed by atoms with Crippen LogP contribution < -0.4 is 10.4 Å². The van der Waals surface area contributed by atoms with Crippen molar-refractivity contribution in [2.24, 2.45) is 5.92 Å². The van der Waals surface area contributed by atoms with E-state index in [-0.39, 0.29) is 25.1 Å². The molecular weight excluding hydrogens is 368 g/mol. The molecule has 0 saturated carbocycles. The number of rotatable bonds is 8. The zero-order valence-electron chi connectivity index (χ0n) is 17.0. The quantitative estimate of drug-likeness (QED) is 0.314. The van der Waals surface area contributed by atoms with Crippen LogP contribution in [0.15, 0.2) is 63.8 Å². The Balaban J connectivity index is 1.48. The highest BCUT2D eigenvalue weighted by Crippen LogP contribution is 2.20. The van der Waals surface area contributed by atoms with Crippen molar-refractivity contribution in [2.75, 3.05) is 13.2 Å². The largest absolute Gasteiger partial charge is 0.490 e. The molecule has 0 radical (unpaired) electrons. The van der Waals surface area contributed by atoms with Crippen molar-refractivity contribution in [2.45, 2.75) is 33.1 Å². The van der Waals surface area contributed by atoms with Crippen molar-refractivity contribution in [1.82, 2.24) is 0 Å². The molecule has 29 heavy (non-hydrogen) atoms. The number of carbonyl (C=O) groups excluding carboxylic acids is 1. The predicted molar refractivity (Wildman–Crippen MR) is 112 cm³/mol. The zero-order chi connectivity index (χ0) is 20.8. The molecule has 3 aromatic rings. The highest BCUT2D eigenvalue weighted by Gasteiger charge is 2.16. The number of hydrogen-bond donors (Lipinski definition) is 0.